The zero-order valence-electron chi connectivity index (χ0n) is 18.4. The van der Waals surface area contributed by atoms with Gasteiger partial charge in [0.2, 0.25) is 0 Å². The second-order valence-corrected chi connectivity index (χ2v) is 8.78. The molecule has 0 aliphatic carbocycles. The molecule has 34 heavy (non-hydrogen) atoms. The lowest BCUT2D eigenvalue weighted by atomic mass is 9.97. The van der Waals surface area contributed by atoms with Gasteiger partial charge >= 0.3 is 0 Å². The highest BCUT2D eigenvalue weighted by molar-refractivity contribution is 6.32. The molecule has 0 spiro atoms. The van der Waals surface area contributed by atoms with E-state index in [4.69, 9.17) is 11.6 Å². The molecule has 0 bridgehead atoms. The minimum atomic E-state index is 0.700. The van der Waals surface area contributed by atoms with Crippen molar-refractivity contribution in [3.05, 3.63) is 132 Å². The maximum Gasteiger partial charge on any atom is 0.100 e. The molecule has 0 aliphatic rings. The van der Waals surface area contributed by atoms with E-state index in [0.717, 1.165) is 34.5 Å². The Morgan fingerprint density at radius 3 is 2.35 bits per heavy atom. The van der Waals surface area contributed by atoms with Crippen LogP contribution in [-0.2, 0) is 6.42 Å². The maximum atomic E-state index is 6.41. The summed E-state index contributed by atoms with van der Waals surface area (Å²) < 4.78 is 2.02. The first-order valence-electron chi connectivity index (χ1n) is 11.3. The van der Waals surface area contributed by atoms with Crippen LogP contribution in [0.4, 0.5) is 11.4 Å². The third kappa shape index (κ3) is 3.81. The van der Waals surface area contributed by atoms with Gasteiger partial charge in [0, 0.05) is 16.8 Å². The van der Waals surface area contributed by atoms with Crippen molar-refractivity contribution >= 4 is 44.8 Å². The first-order valence-corrected chi connectivity index (χ1v) is 11.7. The normalized spacial score (nSPS) is 11.2. The van der Waals surface area contributed by atoms with Crippen molar-refractivity contribution in [1.29, 1.82) is 0 Å². The molecule has 164 valence electrons. The molecule has 0 unspecified atom stereocenters. The van der Waals surface area contributed by atoms with Crippen LogP contribution in [0.15, 0.2) is 116 Å². The number of halogens is 1. The van der Waals surface area contributed by atoms with Crippen LogP contribution >= 0.6 is 11.6 Å². The zero-order chi connectivity index (χ0) is 22.9. The number of anilines is 2. The molecule has 4 heteroatoms. The van der Waals surface area contributed by atoms with Crippen LogP contribution in [0, 0.1) is 0 Å². The van der Waals surface area contributed by atoms with E-state index in [0.29, 0.717) is 5.02 Å². The molecule has 6 rings (SSSR count). The molecular formula is C30H22ClN3. The Labute approximate surface area is 203 Å². The molecular weight excluding hydrogens is 438 g/mol. The number of aromatic nitrogens is 2. The number of hydrogen-bond acceptors (Lipinski definition) is 2. The minimum absolute atomic E-state index is 0.700. The van der Waals surface area contributed by atoms with Gasteiger partial charge in [-0.15, -0.1) is 0 Å². The van der Waals surface area contributed by atoms with Crippen molar-refractivity contribution in [1.82, 2.24) is 9.55 Å². The van der Waals surface area contributed by atoms with E-state index in [1.807, 2.05) is 35.2 Å². The van der Waals surface area contributed by atoms with Gasteiger partial charge in [0.15, 0.2) is 0 Å². The number of nitrogens with one attached hydrogen (secondary N) is 1. The second kappa shape index (κ2) is 8.69. The lowest BCUT2D eigenvalue weighted by Gasteiger charge is -2.14. The van der Waals surface area contributed by atoms with E-state index < -0.39 is 0 Å². The Kier molecular flexibility index (Phi) is 5.25. The third-order valence-electron chi connectivity index (χ3n) is 6.19. The summed E-state index contributed by atoms with van der Waals surface area (Å²) in [5.41, 5.74) is 7.56. The molecule has 3 nitrogen and oxygen atoms in total. The number of benzene rings is 5. The van der Waals surface area contributed by atoms with Crippen LogP contribution in [0.5, 0.6) is 0 Å². The average molecular weight is 460 g/mol. The predicted octanol–water partition coefficient (Wildman–Crippen LogP) is 8.17. The molecule has 0 aliphatic heterocycles. The molecule has 1 N–H and O–H groups in total. The molecule has 0 amide bonds. The summed E-state index contributed by atoms with van der Waals surface area (Å²) >= 11 is 6.41. The summed E-state index contributed by atoms with van der Waals surface area (Å²) in [4.78, 5) is 4.63. The molecule has 6 aromatic rings. The summed E-state index contributed by atoms with van der Waals surface area (Å²) in [6, 6.07) is 37.6. The first kappa shape index (κ1) is 20.5. The Bertz CT molecular complexity index is 1620. The van der Waals surface area contributed by atoms with Gasteiger partial charge in [0.25, 0.3) is 0 Å². The van der Waals surface area contributed by atoms with Crippen LogP contribution < -0.4 is 5.32 Å². The van der Waals surface area contributed by atoms with Gasteiger partial charge in [-0.25, -0.2) is 4.98 Å². The summed E-state index contributed by atoms with van der Waals surface area (Å²) in [7, 11) is 0. The first-order chi connectivity index (χ1) is 16.8. The topological polar surface area (TPSA) is 29.9 Å². The SMILES string of the molecule is Clc1ccccc1-n1cnc2cc(Nc3ccc(Cc4ccccc4)c4ccccc34)ccc21. The lowest BCUT2D eigenvalue weighted by Crippen LogP contribution is -1.96. The maximum absolute atomic E-state index is 6.41. The summed E-state index contributed by atoms with van der Waals surface area (Å²) in [5, 5.41) is 6.79. The zero-order valence-corrected chi connectivity index (χ0v) is 19.2. The fourth-order valence-electron chi connectivity index (χ4n) is 4.53. The standard InChI is InChI=1S/C30H22ClN3/c31-26-12-6-7-13-29(26)34-20-32-28-19-23(15-17-30(28)34)33-27-16-14-22(18-21-8-2-1-3-9-21)24-10-4-5-11-25(24)27/h1-17,19-20,33H,18H2. The fraction of sp³-hybridized carbons (Fsp3) is 0.0333. The molecule has 1 aromatic heterocycles. The highest BCUT2D eigenvalue weighted by Gasteiger charge is 2.10. The molecule has 0 atom stereocenters. The van der Waals surface area contributed by atoms with Crippen molar-refractivity contribution in [2.24, 2.45) is 0 Å². The highest BCUT2D eigenvalue weighted by Crippen LogP contribution is 2.32. The number of para-hydroxylation sites is 1. The minimum Gasteiger partial charge on any atom is -0.355 e. The smallest absolute Gasteiger partial charge is 0.100 e. The molecule has 1 heterocycles. The Balaban J connectivity index is 1.35. The van der Waals surface area contributed by atoms with Gasteiger partial charge in [-0.3, -0.25) is 4.57 Å². The average Bonchev–Trinajstić information content (AvgIpc) is 3.29. The quantitative estimate of drug-likeness (QED) is 0.281. The van der Waals surface area contributed by atoms with E-state index in [1.165, 1.54) is 21.9 Å². The predicted molar refractivity (Wildman–Crippen MR) is 143 cm³/mol. The number of hydrogen-bond donors (Lipinski definition) is 1. The number of nitrogens with zero attached hydrogens (tertiary/aromatic N) is 2. The summed E-state index contributed by atoms with van der Waals surface area (Å²) in [6.45, 7) is 0. The van der Waals surface area contributed by atoms with Gasteiger partial charge in [-0.1, -0.05) is 84.4 Å². The van der Waals surface area contributed by atoms with E-state index in [2.05, 4.69) is 95.2 Å². The van der Waals surface area contributed by atoms with Crippen molar-refractivity contribution in [2.75, 3.05) is 5.32 Å². The molecule has 0 radical (unpaired) electrons. The number of rotatable bonds is 5. The second-order valence-electron chi connectivity index (χ2n) is 8.37. The third-order valence-corrected chi connectivity index (χ3v) is 6.51. The van der Waals surface area contributed by atoms with Gasteiger partial charge in [-0.2, -0.15) is 0 Å². The largest absolute Gasteiger partial charge is 0.355 e. The van der Waals surface area contributed by atoms with Crippen molar-refractivity contribution < 1.29 is 0 Å². The monoisotopic (exact) mass is 459 g/mol. The van der Waals surface area contributed by atoms with E-state index in [1.54, 1.807) is 0 Å². The van der Waals surface area contributed by atoms with Crippen LogP contribution in [0.25, 0.3) is 27.5 Å². The Morgan fingerprint density at radius 1 is 0.735 bits per heavy atom. The summed E-state index contributed by atoms with van der Waals surface area (Å²) in [5.74, 6) is 0. The van der Waals surface area contributed by atoms with Crippen molar-refractivity contribution in [2.45, 2.75) is 6.42 Å². The van der Waals surface area contributed by atoms with Crippen molar-refractivity contribution in [3.63, 3.8) is 0 Å². The van der Waals surface area contributed by atoms with Crippen LogP contribution in [0.3, 0.4) is 0 Å². The Morgan fingerprint density at radius 2 is 1.50 bits per heavy atom. The van der Waals surface area contributed by atoms with Crippen LogP contribution in [0.2, 0.25) is 5.02 Å². The van der Waals surface area contributed by atoms with Gasteiger partial charge in [0.1, 0.15) is 6.33 Å². The van der Waals surface area contributed by atoms with Gasteiger partial charge in [-0.05, 0) is 59.3 Å². The van der Waals surface area contributed by atoms with E-state index in [9.17, 15) is 0 Å². The number of fused-ring (bicyclic) bond motifs is 2. The fourth-order valence-corrected chi connectivity index (χ4v) is 4.75. The van der Waals surface area contributed by atoms with Crippen LogP contribution in [-0.4, -0.2) is 9.55 Å². The molecule has 5 aromatic carbocycles. The molecule has 0 fully saturated rings. The van der Waals surface area contributed by atoms with E-state index >= 15 is 0 Å². The summed E-state index contributed by atoms with van der Waals surface area (Å²) in [6.07, 6.45) is 2.73. The lowest BCUT2D eigenvalue weighted by molar-refractivity contribution is 1.09. The highest BCUT2D eigenvalue weighted by atomic mass is 35.5. The molecule has 0 saturated carbocycles. The van der Waals surface area contributed by atoms with E-state index in [-0.39, 0.29) is 0 Å². The Hall–Kier alpha value is -4.08. The van der Waals surface area contributed by atoms with Gasteiger partial charge in [0.05, 0.1) is 21.7 Å². The van der Waals surface area contributed by atoms with Crippen molar-refractivity contribution in [3.8, 4) is 5.69 Å². The van der Waals surface area contributed by atoms with Gasteiger partial charge < -0.3 is 5.32 Å². The van der Waals surface area contributed by atoms with Crippen LogP contribution in [0.1, 0.15) is 11.1 Å². The number of imidazole rings is 1. The molecule has 0 saturated heterocycles.